The quantitative estimate of drug-likeness (QED) is 0.826. The lowest BCUT2D eigenvalue weighted by Crippen LogP contribution is -2.40. The van der Waals surface area contributed by atoms with Gasteiger partial charge < -0.3 is 15.1 Å². The van der Waals surface area contributed by atoms with Gasteiger partial charge in [-0.05, 0) is 56.3 Å². The number of fused-ring (bicyclic) bond motifs is 1. The Hall–Kier alpha value is -2.25. The van der Waals surface area contributed by atoms with Crippen LogP contribution in [0.2, 0.25) is 0 Å². The molecule has 2 aromatic rings. The molecule has 3 heterocycles. The number of likely N-dealkylation sites (tertiary alicyclic amines) is 1. The minimum absolute atomic E-state index is 0.0342. The van der Waals surface area contributed by atoms with Crippen molar-refractivity contribution in [3.8, 4) is 0 Å². The Morgan fingerprint density at radius 3 is 2.89 bits per heavy atom. The fourth-order valence-corrected chi connectivity index (χ4v) is 4.42. The van der Waals surface area contributed by atoms with E-state index in [2.05, 4.69) is 15.5 Å². The van der Waals surface area contributed by atoms with E-state index in [1.807, 2.05) is 18.2 Å². The fraction of sp³-hybridized carbons (Fsp3) is 0.400. The van der Waals surface area contributed by atoms with Gasteiger partial charge in [-0.25, -0.2) is 0 Å². The van der Waals surface area contributed by atoms with Crippen LogP contribution in [-0.4, -0.2) is 42.1 Å². The summed E-state index contributed by atoms with van der Waals surface area (Å²) < 4.78 is 5.63. The molecule has 1 atom stereocenters. The maximum atomic E-state index is 12.7. The van der Waals surface area contributed by atoms with E-state index >= 15 is 0 Å². The van der Waals surface area contributed by atoms with Gasteiger partial charge in [-0.2, -0.15) is 0 Å². The van der Waals surface area contributed by atoms with Crippen LogP contribution in [0.5, 0.6) is 0 Å². The average molecular weight is 385 g/mol. The van der Waals surface area contributed by atoms with Crippen LogP contribution in [0.15, 0.2) is 45.9 Å². The van der Waals surface area contributed by atoms with Gasteiger partial charge in [0.2, 0.25) is 5.91 Å². The summed E-state index contributed by atoms with van der Waals surface area (Å²) in [6.07, 6.45) is 5.28. The lowest BCUT2D eigenvalue weighted by molar-refractivity contribution is -0.113. The zero-order valence-electron chi connectivity index (χ0n) is 15.1. The monoisotopic (exact) mass is 385 g/mol. The first kappa shape index (κ1) is 18.1. The molecule has 0 unspecified atom stereocenters. The zero-order chi connectivity index (χ0) is 18.6. The van der Waals surface area contributed by atoms with Gasteiger partial charge >= 0.3 is 0 Å². The first-order chi connectivity index (χ1) is 13.2. The molecule has 2 aliphatic heterocycles. The van der Waals surface area contributed by atoms with E-state index in [0.29, 0.717) is 23.5 Å². The number of hydrogen-bond donors (Lipinski definition) is 2. The summed E-state index contributed by atoms with van der Waals surface area (Å²) in [7, 11) is 0. The first-order valence-corrected chi connectivity index (χ1v) is 10.3. The summed E-state index contributed by atoms with van der Waals surface area (Å²) in [5.41, 5.74) is 1.26. The number of piperidine rings is 1. The van der Waals surface area contributed by atoms with Crippen LogP contribution in [0.25, 0.3) is 0 Å². The second-order valence-corrected chi connectivity index (χ2v) is 7.90. The number of anilines is 1. The molecule has 1 aromatic heterocycles. The van der Waals surface area contributed by atoms with Crippen LogP contribution in [0, 0.1) is 0 Å². The summed E-state index contributed by atoms with van der Waals surface area (Å²) in [6.45, 7) is 2.53. The molecule has 1 saturated heterocycles. The molecule has 0 bridgehead atoms. The van der Waals surface area contributed by atoms with Crippen LogP contribution in [0.3, 0.4) is 0 Å². The maximum absolute atomic E-state index is 12.7. The van der Waals surface area contributed by atoms with Crippen LogP contribution in [0.1, 0.15) is 41.4 Å². The van der Waals surface area contributed by atoms with E-state index in [1.165, 1.54) is 31.0 Å². The molecule has 142 valence electrons. The van der Waals surface area contributed by atoms with Crippen molar-refractivity contribution in [2.24, 2.45) is 0 Å². The molecule has 7 heteroatoms. The predicted octanol–water partition coefficient (Wildman–Crippen LogP) is 3.28. The minimum atomic E-state index is -0.142. The third-order valence-corrected chi connectivity index (χ3v) is 6.11. The van der Waals surface area contributed by atoms with Crippen molar-refractivity contribution in [2.45, 2.75) is 30.2 Å². The van der Waals surface area contributed by atoms with E-state index in [1.54, 1.807) is 18.4 Å². The smallest absolute Gasteiger partial charge is 0.251 e. The zero-order valence-corrected chi connectivity index (χ0v) is 15.9. The normalized spacial score (nSPS) is 18.4. The third kappa shape index (κ3) is 4.20. The molecule has 2 aliphatic rings. The van der Waals surface area contributed by atoms with Gasteiger partial charge in [0.15, 0.2) is 0 Å². The van der Waals surface area contributed by atoms with E-state index in [0.717, 1.165) is 23.7 Å². The summed E-state index contributed by atoms with van der Waals surface area (Å²) in [5.74, 6) is 1.12. The predicted molar refractivity (Wildman–Crippen MR) is 105 cm³/mol. The van der Waals surface area contributed by atoms with Gasteiger partial charge in [-0.1, -0.05) is 6.42 Å². The topological polar surface area (TPSA) is 74.6 Å². The van der Waals surface area contributed by atoms with Gasteiger partial charge in [-0.15, -0.1) is 11.8 Å². The van der Waals surface area contributed by atoms with Crippen molar-refractivity contribution >= 4 is 29.3 Å². The number of nitrogens with one attached hydrogen (secondary N) is 2. The van der Waals surface area contributed by atoms with Gasteiger partial charge in [-0.3, -0.25) is 14.5 Å². The second kappa shape index (κ2) is 8.19. The molecule has 6 nitrogen and oxygen atoms in total. The average Bonchev–Trinajstić information content (AvgIpc) is 3.22. The molecule has 0 radical (unpaired) electrons. The number of thioether (sulfide) groups is 1. The van der Waals surface area contributed by atoms with Crippen LogP contribution >= 0.6 is 11.8 Å². The highest BCUT2D eigenvalue weighted by Crippen LogP contribution is 2.32. The van der Waals surface area contributed by atoms with Crippen molar-refractivity contribution in [1.29, 1.82) is 0 Å². The van der Waals surface area contributed by atoms with Crippen LogP contribution < -0.4 is 10.6 Å². The van der Waals surface area contributed by atoms with Crippen LogP contribution in [0.4, 0.5) is 5.69 Å². The molecule has 2 amide bonds. The highest BCUT2D eigenvalue weighted by atomic mass is 32.2. The number of amides is 2. The standard InChI is InChI=1S/C20H23N3O3S/c24-19-13-27-18-7-6-14(11-15(18)22-19)20(25)21-12-16(17-5-4-10-26-17)23-8-2-1-3-9-23/h4-7,10-11,16H,1-3,8-9,12-13H2,(H,21,25)(H,22,24)/t16-/m1/s1. The Morgan fingerprint density at radius 2 is 2.11 bits per heavy atom. The molecular weight excluding hydrogens is 362 g/mol. The van der Waals surface area contributed by atoms with E-state index in [-0.39, 0.29) is 17.9 Å². The Morgan fingerprint density at radius 1 is 1.26 bits per heavy atom. The molecule has 2 N–H and O–H groups in total. The summed E-state index contributed by atoms with van der Waals surface area (Å²) in [4.78, 5) is 27.6. The number of rotatable bonds is 5. The Bertz CT molecular complexity index is 816. The lowest BCUT2D eigenvalue weighted by Gasteiger charge is -2.33. The van der Waals surface area contributed by atoms with Gasteiger partial charge in [0.05, 0.1) is 23.7 Å². The molecule has 1 fully saturated rings. The van der Waals surface area contributed by atoms with Crippen LogP contribution in [-0.2, 0) is 4.79 Å². The van der Waals surface area contributed by atoms with Crippen molar-refractivity contribution in [3.05, 3.63) is 47.9 Å². The number of carbonyl (C=O) groups excluding carboxylic acids is 2. The molecule has 0 aliphatic carbocycles. The molecule has 27 heavy (non-hydrogen) atoms. The number of carbonyl (C=O) groups is 2. The third-order valence-electron chi connectivity index (χ3n) is 5.03. The minimum Gasteiger partial charge on any atom is -0.468 e. The largest absolute Gasteiger partial charge is 0.468 e. The number of furan rings is 1. The second-order valence-electron chi connectivity index (χ2n) is 6.89. The summed E-state index contributed by atoms with van der Waals surface area (Å²) >= 11 is 1.49. The number of benzene rings is 1. The van der Waals surface area contributed by atoms with Gasteiger partial charge in [0.1, 0.15) is 5.76 Å². The first-order valence-electron chi connectivity index (χ1n) is 9.33. The number of nitrogens with zero attached hydrogens (tertiary/aromatic N) is 1. The van der Waals surface area contributed by atoms with Gasteiger partial charge in [0.25, 0.3) is 5.91 Å². The summed E-state index contributed by atoms with van der Waals surface area (Å²) in [6, 6.07) is 9.34. The highest BCUT2D eigenvalue weighted by molar-refractivity contribution is 8.00. The van der Waals surface area contributed by atoms with Crippen molar-refractivity contribution < 1.29 is 14.0 Å². The molecule has 0 saturated carbocycles. The fourth-order valence-electron chi connectivity index (χ4n) is 3.64. The van der Waals surface area contributed by atoms with Crippen molar-refractivity contribution in [2.75, 3.05) is 30.7 Å². The van der Waals surface area contributed by atoms with Gasteiger partial charge in [0, 0.05) is 17.0 Å². The van der Waals surface area contributed by atoms with Crippen molar-refractivity contribution in [3.63, 3.8) is 0 Å². The Balaban J connectivity index is 1.45. The summed E-state index contributed by atoms with van der Waals surface area (Å²) in [5, 5.41) is 5.87. The van der Waals surface area contributed by atoms with Crippen molar-refractivity contribution in [1.82, 2.24) is 10.2 Å². The van der Waals surface area contributed by atoms with E-state index in [9.17, 15) is 9.59 Å². The molecular formula is C20H23N3O3S. The van der Waals surface area contributed by atoms with E-state index < -0.39 is 0 Å². The lowest BCUT2D eigenvalue weighted by atomic mass is 10.1. The molecule has 0 spiro atoms. The molecule has 1 aromatic carbocycles. The SMILES string of the molecule is O=C1CSc2ccc(C(=O)NC[C@H](c3ccco3)N3CCCCC3)cc2N1. The highest BCUT2D eigenvalue weighted by Gasteiger charge is 2.25. The maximum Gasteiger partial charge on any atom is 0.251 e. The Kier molecular flexibility index (Phi) is 5.50. The van der Waals surface area contributed by atoms with E-state index in [4.69, 9.17) is 4.42 Å². The molecule has 4 rings (SSSR count). The Labute approximate surface area is 162 Å². The number of hydrogen-bond acceptors (Lipinski definition) is 5.